The van der Waals surface area contributed by atoms with Crippen molar-refractivity contribution in [2.45, 2.75) is 12.8 Å². The number of para-hydroxylation sites is 1. The maximum absolute atomic E-state index is 13.1. The molecule has 25 heavy (non-hydrogen) atoms. The van der Waals surface area contributed by atoms with Gasteiger partial charge in [-0.3, -0.25) is 4.79 Å². The van der Waals surface area contributed by atoms with Crippen molar-refractivity contribution in [2.24, 2.45) is 17.1 Å². The summed E-state index contributed by atoms with van der Waals surface area (Å²) < 4.78 is 5.52. The molecule has 132 valence electrons. The molecule has 6 heteroatoms. The predicted octanol–water partition coefficient (Wildman–Crippen LogP) is 2.72. The largest absolute Gasteiger partial charge is 0.381 e. The van der Waals surface area contributed by atoms with Gasteiger partial charge in [0.1, 0.15) is 5.69 Å². The number of halogens is 1. The van der Waals surface area contributed by atoms with Gasteiger partial charge in [-0.1, -0.05) is 29.8 Å². The number of ether oxygens (including phenoxy) is 1. The summed E-state index contributed by atoms with van der Waals surface area (Å²) in [4.78, 5) is 19.5. The van der Waals surface area contributed by atoms with Crippen LogP contribution >= 0.6 is 11.6 Å². The van der Waals surface area contributed by atoms with Crippen LogP contribution in [-0.4, -0.2) is 48.6 Å². The molecule has 0 radical (unpaired) electrons. The molecule has 3 heterocycles. The van der Waals surface area contributed by atoms with Gasteiger partial charge in [-0.2, -0.15) is 0 Å². The Labute approximate surface area is 152 Å². The van der Waals surface area contributed by atoms with E-state index in [-0.39, 0.29) is 11.3 Å². The summed E-state index contributed by atoms with van der Waals surface area (Å²) in [7, 11) is 0. The summed E-state index contributed by atoms with van der Waals surface area (Å²) in [6.45, 7) is 3.45. The molecule has 2 saturated heterocycles. The Morgan fingerprint density at radius 3 is 2.88 bits per heavy atom. The van der Waals surface area contributed by atoms with Crippen LogP contribution in [0, 0.1) is 11.3 Å². The first kappa shape index (κ1) is 16.8. The highest BCUT2D eigenvalue weighted by Gasteiger charge is 2.48. The second-order valence-electron chi connectivity index (χ2n) is 7.10. The average molecular weight is 360 g/mol. The van der Waals surface area contributed by atoms with E-state index in [1.807, 2.05) is 35.2 Å². The Balaban J connectivity index is 1.64. The molecular formula is C19H22ClN3O2. The summed E-state index contributed by atoms with van der Waals surface area (Å²) in [5, 5.41) is 1.34. The number of hydrogen-bond acceptors (Lipinski definition) is 4. The second-order valence-corrected chi connectivity index (χ2v) is 7.51. The molecule has 1 aromatic heterocycles. The predicted molar refractivity (Wildman–Crippen MR) is 97.7 cm³/mol. The number of nitrogens with zero attached hydrogens (tertiary/aromatic N) is 2. The molecule has 2 N–H and O–H groups in total. The maximum Gasteiger partial charge on any atom is 0.274 e. The van der Waals surface area contributed by atoms with E-state index < -0.39 is 0 Å². The molecule has 2 aliphatic heterocycles. The zero-order valence-corrected chi connectivity index (χ0v) is 14.8. The molecule has 0 aliphatic carbocycles. The lowest BCUT2D eigenvalue weighted by atomic mass is 9.72. The molecule has 4 rings (SSSR count). The smallest absolute Gasteiger partial charge is 0.274 e. The van der Waals surface area contributed by atoms with Gasteiger partial charge in [0.05, 0.1) is 10.5 Å². The fraction of sp³-hybridized carbons (Fsp3) is 0.474. The Hall–Kier alpha value is -1.69. The Morgan fingerprint density at radius 1 is 1.36 bits per heavy atom. The normalized spacial score (nSPS) is 22.6. The molecule has 2 fully saturated rings. The molecule has 1 atom stereocenters. The van der Waals surface area contributed by atoms with E-state index >= 15 is 0 Å². The van der Waals surface area contributed by atoms with Gasteiger partial charge in [0.2, 0.25) is 0 Å². The topological polar surface area (TPSA) is 68.5 Å². The van der Waals surface area contributed by atoms with Gasteiger partial charge >= 0.3 is 0 Å². The van der Waals surface area contributed by atoms with Crippen LogP contribution in [0.4, 0.5) is 0 Å². The molecule has 0 saturated carbocycles. The number of carbonyl (C=O) groups excluding carboxylic acids is 1. The number of pyridine rings is 1. The minimum atomic E-state index is -0.0995. The quantitative estimate of drug-likeness (QED) is 0.895. The number of aromatic nitrogens is 1. The maximum atomic E-state index is 13.1. The van der Waals surface area contributed by atoms with Crippen molar-refractivity contribution in [3.8, 4) is 0 Å². The Kier molecular flexibility index (Phi) is 4.40. The van der Waals surface area contributed by atoms with Crippen LogP contribution in [0.5, 0.6) is 0 Å². The van der Waals surface area contributed by atoms with Crippen LogP contribution in [-0.2, 0) is 4.74 Å². The van der Waals surface area contributed by atoms with Gasteiger partial charge in [0.15, 0.2) is 0 Å². The van der Waals surface area contributed by atoms with Crippen LogP contribution in [0.1, 0.15) is 23.3 Å². The van der Waals surface area contributed by atoms with E-state index in [2.05, 4.69) is 4.98 Å². The zero-order valence-electron chi connectivity index (χ0n) is 14.1. The van der Waals surface area contributed by atoms with Gasteiger partial charge in [0, 0.05) is 31.7 Å². The van der Waals surface area contributed by atoms with Crippen LogP contribution in [0.25, 0.3) is 10.9 Å². The van der Waals surface area contributed by atoms with Crippen molar-refractivity contribution in [1.29, 1.82) is 0 Å². The van der Waals surface area contributed by atoms with Crippen molar-refractivity contribution in [1.82, 2.24) is 9.88 Å². The van der Waals surface area contributed by atoms with E-state index in [9.17, 15) is 4.79 Å². The summed E-state index contributed by atoms with van der Waals surface area (Å²) in [5.74, 6) is 0.206. The van der Waals surface area contributed by atoms with Gasteiger partial charge in [-0.15, -0.1) is 0 Å². The van der Waals surface area contributed by atoms with Crippen molar-refractivity contribution >= 4 is 28.4 Å². The Bertz CT molecular complexity index is 804. The third kappa shape index (κ3) is 2.90. The number of hydrogen-bond donors (Lipinski definition) is 1. The van der Waals surface area contributed by atoms with Crippen LogP contribution in [0.3, 0.4) is 0 Å². The minimum absolute atomic E-state index is 0.0754. The van der Waals surface area contributed by atoms with Gasteiger partial charge in [-0.25, -0.2) is 4.98 Å². The fourth-order valence-electron chi connectivity index (χ4n) is 4.25. The molecule has 1 amide bonds. The highest BCUT2D eigenvalue weighted by molar-refractivity contribution is 6.34. The number of carbonyl (C=O) groups is 1. The van der Waals surface area contributed by atoms with Crippen molar-refractivity contribution in [2.75, 3.05) is 32.8 Å². The first-order valence-electron chi connectivity index (χ1n) is 8.75. The van der Waals surface area contributed by atoms with Crippen LogP contribution in [0.15, 0.2) is 30.3 Å². The van der Waals surface area contributed by atoms with E-state index in [1.54, 1.807) is 0 Å². The van der Waals surface area contributed by atoms with E-state index in [0.29, 0.717) is 36.3 Å². The number of fused-ring (bicyclic) bond motifs is 1. The van der Waals surface area contributed by atoms with Crippen LogP contribution < -0.4 is 5.73 Å². The molecule has 2 aliphatic rings. The molecule has 1 spiro atoms. The summed E-state index contributed by atoms with van der Waals surface area (Å²) in [6.07, 6.45) is 1.91. The molecule has 0 bridgehead atoms. The monoisotopic (exact) mass is 359 g/mol. The lowest BCUT2D eigenvalue weighted by Gasteiger charge is -2.37. The summed E-state index contributed by atoms with van der Waals surface area (Å²) >= 11 is 6.37. The molecule has 2 aromatic rings. The minimum Gasteiger partial charge on any atom is -0.381 e. The lowest BCUT2D eigenvalue weighted by Crippen LogP contribution is -2.40. The van der Waals surface area contributed by atoms with E-state index in [4.69, 9.17) is 22.1 Å². The molecule has 1 aromatic carbocycles. The highest BCUT2D eigenvalue weighted by atomic mass is 35.5. The number of amides is 1. The van der Waals surface area contributed by atoms with E-state index in [1.165, 1.54) is 0 Å². The zero-order chi connectivity index (χ0) is 17.4. The number of rotatable bonds is 2. The Morgan fingerprint density at radius 2 is 2.12 bits per heavy atom. The van der Waals surface area contributed by atoms with Crippen LogP contribution in [0.2, 0.25) is 5.02 Å². The standard InChI is InChI=1S/C19H22ClN3O2/c20-15-9-13-3-1-2-4-16(13)22-17(15)18(24)23-11-14(10-21)19(12-23)5-7-25-8-6-19/h1-4,9,14H,5-8,10-12,21H2. The SMILES string of the molecule is NCC1CN(C(=O)c2nc3ccccc3cc2Cl)CC12CCOCC2. The van der Waals surface area contributed by atoms with Crippen molar-refractivity contribution in [3.63, 3.8) is 0 Å². The van der Waals surface area contributed by atoms with Gasteiger partial charge in [0.25, 0.3) is 5.91 Å². The van der Waals surface area contributed by atoms with Crippen molar-refractivity contribution in [3.05, 3.63) is 41.0 Å². The fourth-order valence-corrected chi connectivity index (χ4v) is 4.49. The number of benzene rings is 1. The highest BCUT2D eigenvalue weighted by Crippen LogP contribution is 2.44. The third-order valence-electron chi connectivity index (χ3n) is 5.75. The first-order chi connectivity index (χ1) is 12.1. The van der Waals surface area contributed by atoms with Gasteiger partial charge < -0.3 is 15.4 Å². The van der Waals surface area contributed by atoms with Gasteiger partial charge in [-0.05, 0) is 42.9 Å². The first-order valence-corrected chi connectivity index (χ1v) is 9.13. The lowest BCUT2D eigenvalue weighted by molar-refractivity contribution is 0.00137. The number of likely N-dealkylation sites (tertiary alicyclic amines) is 1. The molecule has 1 unspecified atom stereocenters. The number of nitrogens with two attached hydrogens (primary N) is 1. The van der Waals surface area contributed by atoms with Crippen molar-refractivity contribution < 1.29 is 9.53 Å². The summed E-state index contributed by atoms with van der Waals surface area (Å²) in [5.41, 5.74) is 7.22. The third-order valence-corrected chi connectivity index (χ3v) is 6.04. The average Bonchev–Trinajstić information content (AvgIpc) is 2.99. The summed E-state index contributed by atoms with van der Waals surface area (Å²) in [6, 6.07) is 9.50. The second kappa shape index (κ2) is 6.56. The van der Waals surface area contributed by atoms with E-state index in [0.717, 1.165) is 37.0 Å². The molecule has 5 nitrogen and oxygen atoms in total. The molecular weight excluding hydrogens is 338 g/mol.